The third-order valence-electron chi connectivity index (χ3n) is 3.50. The van der Waals surface area contributed by atoms with Crippen molar-refractivity contribution in [2.24, 2.45) is 0 Å². The van der Waals surface area contributed by atoms with Crippen molar-refractivity contribution in [1.82, 2.24) is 10.2 Å². The summed E-state index contributed by atoms with van der Waals surface area (Å²) in [6.45, 7) is 2.49. The molecule has 1 saturated heterocycles. The van der Waals surface area contributed by atoms with Crippen LogP contribution in [0.15, 0.2) is 24.3 Å². The van der Waals surface area contributed by atoms with Crippen LogP contribution in [0.3, 0.4) is 0 Å². The minimum atomic E-state index is -0.286. The molecule has 1 fully saturated rings. The summed E-state index contributed by atoms with van der Waals surface area (Å²) in [6.07, 6.45) is 2.31. The van der Waals surface area contributed by atoms with E-state index in [1.807, 2.05) is 29.2 Å². The monoisotopic (exact) mass is 296 g/mol. The second-order valence-electron chi connectivity index (χ2n) is 5.26. The molecule has 0 aromatic heterocycles. The van der Waals surface area contributed by atoms with Crippen LogP contribution in [0.5, 0.6) is 0 Å². The summed E-state index contributed by atoms with van der Waals surface area (Å²) in [7, 11) is 0. The number of halogens is 1. The van der Waals surface area contributed by atoms with Gasteiger partial charge in [0.05, 0.1) is 12.6 Å². The molecule has 2 rings (SSSR count). The zero-order chi connectivity index (χ0) is 14.4. The zero-order valence-corrected chi connectivity index (χ0v) is 12.3. The highest BCUT2D eigenvalue weighted by molar-refractivity contribution is 6.30. The molecule has 1 amide bonds. The molecule has 5 heteroatoms. The summed E-state index contributed by atoms with van der Waals surface area (Å²) in [4.78, 5) is 13.8. The fraction of sp³-hybridized carbons (Fsp3) is 0.533. The molecule has 0 radical (unpaired) electrons. The molecule has 4 nitrogen and oxygen atoms in total. The smallest absolute Gasteiger partial charge is 0.234 e. The van der Waals surface area contributed by atoms with Gasteiger partial charge in [-0.25, -0.2) is 0 Å². The summed E-state index contributed by atoms with van der Waals surface area (Å²) >= 11 is 5.82. The van der Waals surface area contributed by atoms with Gasteiger partial charge in [0.1, 0.15) is 0 Å². The molecule has 0 spiro atoms. The lowest BCUT2D eigenvalue weighted by Crippen LogP contribution is -2.44. The van der Waals surface area contributed by atoms with E-state index in [1.54, 1.807) is 0 Å². The molecular formula is C15H21ClN2O2. The first-order valence-corrected chi connectivity index (χ1v) is 7.43. The Morgan fingerprint density at radius 3 is 2.85 bits per heavy atom. The van der Waals surface area contributed by atoms with Crippen LogP contribution in [0, 0.1) is 0 Å². The first-order valence-electron chi connectivity index (χ1n) is 7.05. The fourth-order valence-corrected chi connectivity index (χ4v) is 2.56. The van der Waals surface area contributed by atoms with E-state index in [9.17, 15) is 9.90 Å². The molecule has 0 saturated carbocycles. The fourth-order valence-electron chi connectivity index (χ4n) is 2.43. The predicted molar refractivity (Wildman–Crippen MR) is 79.8 cm³/mol. The Hall–Kier alpha value is -1.10. The molecule has 1 aromatic rings. The van der Waals surface area contributed by atoms with E-state index in [1.165, 1.54) is 0 Å². The van der Waals surface area contributed by atoms with Crippen molar-refractivity contribution in [2.75, 3.05) is 26.2 Å². The standard InChI is InChI=1S/C15H21ClN2O2/c16-13-5-3-12(4-6-13)7-8-17-15(20)11-18-9-1-2-14(19)10-18/h3-6,14,19H,1-2,7-11H2,(H,17,20). The van der Waals surface area contributed by atoms with Gasteiger partial charge in [0, 0.05) is 18.1 Å². The maximum absolute atomic E-state index is 11.8. The summed E-state index contributed by atoms with van der Waals surface area (Å²) < 4.78 is 0. The zero-order valence-electron chi connectivity index (χ0n) is 11.5. The van der Waals surface area contributed by atoms with Crippen LogP contribution in [0.2, 0.25) is 5.02 Å². The number of nitrogens with one attached hydrogen (secondary N) is 1. The van der Waals surface area contributed by atoms with Crippen LogP contribution in [0.4, 0.5) is 0 Å². The minimum absolute atomic E-state index is 0.0214. The highest BCUT2D eigenvalue weighted by Gasteiger charge is 2.19. The van der Waals surface area contributed by atoms with Gasteiger partial charge < -0.3 is 10.4 Å². The Kier molecular flexibility index (Phi) is 5.83. The second-order valence-corrected chi connectivity index (χ2v) is 5.69. The molecule has 2 N–H and O–H groups in total. The van der Waals surface area contributed by atoms with Crippen LogP contribution in [0.25, 0.3) is 0 Å². The van der Waals surface area contributed by atoms with Crippen LogP contribution >= 0.6 is 11.6 Å². The Morgan fingerprint density at radius 1 is 1.40 bits per heavy atom. The Bertz CT molecular complexity index is 436. The molecule has 20 heavy (non-hydrogen) atoms. The van der Waals surface area contributed by atoms with Crippen molar-refractivity contribution in [1.29, 1.82) is 0 Å². The largest absolute Gasteiger partial charge is 0.392 e. The highest BCUT2D eigenvalue weighted by Crippen LogP contribution is 2.10. The number of amides is 1. The van der Waals surface area contributed by atoms with Gasteiger partial charge in [-0.05, 0) is 43.5 Å². The van der Waals surface area contributed by atoms with Crippen LogP contribution in [-0.2, 0) is 11.2 Å². The summed E-state index contributed by atoms with van der Waals surface area (Å²) in [5, 5.41) is 13.2. The third-order valence-corrected chi connectivity index (χ3v) is 3.75. The van der Waals surface area contributed by atoms with Crippen LogP contribution in [-0.4, -0.2) is 48.2 Å². The average Bonchev–Trinajstić information content (AvgIpc) is 2.41. The number of β-amino-alcohol motifs (C(OH)–C–C–N with tert-alkyl or cyclic N) is 1. The van der Waals surface area contributed by atoms with Gasteiger partial charge in [-0.3, -0.25) is 9.69 Å². The van der Waals surface area contributed by atoms with Crippen molar-refractivity contribution in [3.05, 3.63) is 34.9 Å². The average molecular weight is 297 g/mol. The summed E-state index contributed by atoms with van der Waals surface area (Å²) in [6, 6.07) is 7.65. The van der Waals surface area contributed by atoms with Gasteiger partial charge in [0.2, 0.25) is 5.91 Å². The Morgan fingerprint density at radius 2 is 2.15 bits per heavy atom. The number of aliphatic hydroxyl groups is 1. The predicted octanol–water partition coefficient (Wildman–Crippen LogP) is 1.46. The van der Waals surface area contributed by atoms with Gasteiger partial charge >= 0.3 is 0 Å². The first-order chi connectivity index (χ1) is 9.63. The molecular weight excluding hydrogens is 276 g/mol. The number of aliphatic hydroxyl groups excluding tert-OH is 1. The van der Waals surface area contributed by atoms with E-state index in [4.69, 9.17) is 11.6 Å². The van der Waals surface area contributed by atoms with Crippen LogP contribution < -0.4 is 5.32 Å². The van der Waals surface area contributed by atoms with E-state index in [0.717, 1.165) is 36.4 Å². The number of nitrogens with zero attached hydrogens (tertiary/aromatic N) is 1. The van der Waals surface area contributed by atoms with Crippen LogP contribution in [0.1, 0.15) is 18.4 Å². The lowest BCUT2D eigenvalue weighted by Gasteiger charge is -2.29. The molecule has 0 aliphatic carbocycles. The highest BCUT2D eigenvalue weighted by atomic mass is 35.5. The second kappa shape index (κ2) is 7.62. The number of rotatable bonds is 5. The normalized spacial score (nSPS) is 19.8. The van der Waals surface area contributed by atoms with E-state index in [0.29, 0.717) is 19.6 Å². The van der Waals surface area contributed by atoms with Gasteiger partial charge in [-0.15, -0.1) is 0 Å². The third kappa shape index (κ3) is 5.12. The van der Waals surface area contributed by atoms with Gasteiger partial charge in [-0.1, -0.05) is 23.7 Å². The van der Waals surface area contributed by atoms with Gasteiger partial charge in [-0.2, -0.15) is 0 Å². The molecule has 1 aliphatic rings. The van der Waals surface area contributed by atoms with Gasteiger partial charge in [0.15, 0.2) is 0 Å². The van der Waals surface area contributed by atoms with E-state index in [2.05, 4.69) is 5.32 Å². The van der Waals surface area contributed by atoms with Crippen molar-refractivity contribution in [3.63, 3.8) is 0 Å². The summed E-state index contributed by atoms with van der Waals surface area (Å²) in [5.74, 6) is 0.0214. The van der Waals surface area contributed by atoms with Crippen molar-refractivity contribution >= 4 is 17.5 Å². The van der Waals surface area contributed by atoms with E-state index in [-0.39, 0.29) is 12.0 Å². The number of piperidine rings is 1. The molecule has 0 bridgehead atoms. The maximum atomic E-state index is 11.8. The topological polar surface area (TPSA) is 52.6 Å². The molecule has 1 aromatic carbocycles. The lowest BCUT2D eigenvalue weighted by atomic mass is 10.1. The number of benzene rings is 1. The number of carbonyl (C=O) groups is 1. The molecule has 1 aliphatic heterocycles. The molecule has 1 atom stereocenters. The first kappa shape index (κ1) is 15.3. The lowest BCUT2D eigenvalue weighted by molar-refractivity contribution is -0.122. The Labute approximate surface area is 124 Å². The van der Waals surface area contributed by atoms with E-state index < -0.39 is 0 Å². The Balaban J connectivity index is 1.66. The van der Waals surface area contributed by atoms with Crippen molar-refractivity contribution in [3.8, 4) is 0 Å². The van der Waals surface area contributed by atoms with E-state index >= 15 is 0 Å². The molecule has 110 valence electrons. The SMILES string of the molecule is O=C(CN1CCCC(O)C1)NCCc1ccc(Cl)cc1. The number of carbonyl (C=O) groups excluding carboxylic acids is 1. The van der Waals surface area contributed by atoms with Crippen molar-refractivity contribution < 1.29 is 9.90 Å². The van der Waals surface area contributed by atoms with Crippen molar-refractivity contribution in [2.45, 2.75) is 25.4 Å². The van der Waals surface area contributed by atoms with Gasteiger partial charge in [0.25, 0.3) is 0 Å². The molecule has 1 heterocycles. The molecule has 1 unspecified atom stereocenters. The summed E-state index contributed by atoms with van der Waals surface area (Å²) in [5.41, 5.74) is 1.16. The number of hydrogen-bond acceptors (Lipinski definition) is 3. The quantitative estimate of drug-likeness (QED) is 0.865. The number of hydrogen-bond donors (Lipinski definition) is 2. The minimum Gasteiger partial charge on any atom is -0.392 e. The number of likely N-dealkylation sites (tertiary alicyclic amines) is 1. The maximum Gasteiger partial charge on any atom is 0.234 e.